The summed E-state index contributed by atoms with van der Waals surface area (Å²) >= 11 is 1.88. The van der Waals surface area contributed by atoms with Gasteiger partial charge in [0.05, 0.1) is 9.67 Å². The summed E-state index contributed by atoms with van der Waals surface area (Å²) in [6, 6.07) is 3.48. The number of ether oxygens (including phenoxy) is 2. The van der Waals surface area contributed by atoms with Crippen LogP contribution in [0.3, 0.4) is 0 Å². The van der Waals surface area contributed by atoms with Crippen LogP contribution in [0.2, 0.25) is 0 Å². The molecule has 1 aliphatic heterocycles. The largest absolute Gasteiger partial charge is 0.444 e. The first-order valence-electron chi connectivity index (χ1n) is 8.00. The number of nitrogens with one attached hydrogen (secondary N) is 1. The molecular formula is C16H17IN4O6. The highest BCUT2D eigenvalue weighted by atomic mass is 127. The predicted octanol–water partition coefficient (Wildman–Crippen LogP) is 0.631. The zero-order valence-corrected chi connectivity index (χ0v) is 16.3. The molecule has 2 aromatic rings. The van der Waals surface area contributed by atoms with E-state index in [0.29, 0.717) is 9.13 Å². The molecule has 2 aromatic heterocycles. The van der Waals surface area contributed by atoms with Crippen LogP contribution in [-0.2, 0) is 16.1 Å². The number of aliphatic hydroxyl groups is 2. The van der Waals surface area contributed by atoms with Gasteiger partial charge in [0.2, 0.25) is 0 Å². The summed E-state index contributed by atoms with van der Waals surface area (Å²) in [6.07, 6.45) is -0.287. The van der Waals surface area contributed by atoms with Gasteiger partial charge in [-0.2, -0.15) is 4.98 Å². The van der Waals surface area contributed by atoms with Crippen molar-refractivity contribution in [2.75, 3.05) is 5.32 Å². The van der Waals surface area contributed by atoms with E-state index in [1.54, 1.807) is 31.5 Å². The quantitative estimate of drug-likeness (QED) is 0.534. The van der Waals surface area contributed by atoms with Crippen LogP contribution in [0.15, 0.2) is 35.5 Å². The molecule has 0 radical (unpaired) electrons. The minimum atomic E-state index is -1.27. The topological polar surface area (TPSA) is 136 Å². The number of anilines is 1. The molecule has 4 atom stereocenters. The van der Waals surface area contributed by atoms with Gasteiger partial charge in [0.15, 0.2) is 12.0 Å². The summed E-state index contributed by atoms with van der Waals surface area (Å²) in [6.45, 7) is 1.61. The average Bonchev–Trinajstić information content (AvgIpc) is 2.91. The number of amides is 1. The maximum Gasteiger partial charge on any atom is 0.413 e. The number of aliphatic hydroxyl groups excluding tert-OH is 2. The lowest BCUT2D eigenvalue weighted by molar-refractivity contribution is -0.0351. The molecule has 0 spiro atoms. The Balaban J connectivity index is 1.70. The van der Waals surface area contributed by atoms with Crippen LogP contribution < -0.4 is 11.0 Å². The fraction of sp³-hybridized carbons (Fsp3) is 0.375. The van der Waals surface area contributed by atoms with E-state index in [-0.39, 0.29) is 12.4 Å². The standard InChI is InChI=1S/C16H17IN4O6/c1-8-11(22)12(23)14(27-8)21-6-10(17)13(19-15(21)24)20-16(25)26-7-9-3-2-4-18-5-9/h2-6,8,11-12,14,22-23H,7H2,1H3,(H,19,20,24,25)/t8-,11?,12?,14-/m1/s1. The first-order valence-corrected chi connectivity index (χ1v) is 9.07. The second-order valence-electron chi connectivity index (χ2n) is 5.90. The third-order valence-corrected chi connectivity index (χ3v) is 4.76. The predicted molar refractivity (Wildman–Crippen MR) is 101 cm³/mol. The van der Waals surface area contributed by atoms with Gasteiger partial charge in [-0.15, -0.1) is 0 Å². The molecule has 1 amide bonds. The summed E-state index contributed by atoms with van der Waals surface area (Å²) in [4.78, 5) is 31.9. The van der Waals surface area contributed by atoms with E-state index in [2.05, 4.69) is 15.3 Å². The number of aromatic nitrogens is 3. The van der Waals surface area contributed by atoms with E-state index in [1.165, 1.54) is 6.20 Å². The SMILES string of the molecule is C[C@H]1O[C@@H](n2cc(I)c(NC(=O)OCc3cccnc3)nc2=O)C(O)C1O. The fourth-order valence-corrected chi connectivity index (χ4v) is 3.09. The number of halogens is 1. The van der Waals surface area contributed by atoms with Crippen molar-refractivity contribution in [3.8, 4) is 0 Å². The highest BCUT2D eigenvalue weighted by Gasteiger charge is 2.42. The van der Waals surface area contributed by atoms with Crippen molar-refractivity contribution in [3.63, 3.8) is 0 Å². The van der Waals surface area contributed by atoms with Crippen molar-refractivity contribution in [3.05, 3.63) is 50.3 Å². The number of hydrogen-bond donors (Lipinski definition) is 3. The monoisotopic (exact) mass is 488 g/mol. The van der Waals surface area contributed by atoms with Gasteiger partial charge >= 0.3 is 11.8 Å². The molecule has 11 heteroatoms. The van der Waals surface area contributed by atoms with Gasteiger partial charge in [-0.1, -0.05) is 6.07 Å². The summed E-state index contributed by atoms with van der Waals surface area (Å²) in [5.41, 5.74) is -0.0332. The molecule has 10 nitrogen and oxygen atoms in total. The highest BCUT2D eigenvalue weighted by molar-refractivity contribution is 14.1. The molecule has 0 saturated carbocycles. The van der Waals surface area contributed by atoms with Crippen molar-refractivity contribution in [1.82, 2.24) is 14.5 Å². The van der Waals surface area contributed by atoms with Crippen molar-refractivity contribution < 1.29 is 24.5 Å². The summed E-state index contributed by atoms with van der Waals surface area (Å²) < 4.78 is 12.0. The van der Waals surface area contributed by atoms with E-state index in [1.807, 2.05) is 22.6 Å². The van der Waals surface area contributed by atoms with Crippen molar-refractivity contribution in [2.24, 2.45) is 0 Å². The van der Waals surface area contributed by atoms with Crippen LogP contribution >= 0.6 is 22.6 Å². The number of hydrogen-bond acceptors (Lipinski definition) is 8. The minimum absolute atomic E-state index is 0.0190. The molecule has 144 valence electrons. The van der Waals surface area contributed by atoms with Crippen LogP contribution in [0.1, 0.15) is 18.7 Å². The van der Waals surface area contributed by atoms with Crippen molar-refractivity contribution in [2.45, 2.75) is 38.1 Å². The van der Waals surface area contributed by atoms with Crippen LogP contribution in [0, 0.1) is 3.57 Å². The van der Waals surface area contributed by atoms with Crippen LogP contribution in [0.5, 0.6) is 0 Å². The first kappa shape index (κ1) is 19.7. The molecule has 2 unspecified atom stereocenters. The third-order valence-electron chi connectivity index (χ3n) is 3.97. The van der Waals surface area contributed by atoms with E-state index in [9.17, 15) is 19.8 Å². The Hall–Kier alpha value is -2.09. The minimum Gasteiger partial charge on any atom is -0.444 e. The summed E-state index contributed by atoms with van der Waals surface area (Å²) in [5, 5.41) is 22.2. The lowest BCUT2D eigenvalue weighted by Crippen LogP contribution is -2.36. The number of rotatable bonds is 4. The Morgan fingerprint density at radius 2 is 2.22 bits per heavy atom. The third kappa shape index (κ3) is 4.43. The molecule has 0 aromatic carbocycles. The van der Waals surface area contributed by atoms with E-state index >= 15 is 0 Å². The maximum atomic E-state index is 12.3. The molecule has 0 bridgehead atoms. The molecule has 1 saturated heterocycles. The van der Waals surface area contributed by atoms with E-state index in [0.717, 1.165) is 4.57 Å². The molecule has 0 aliphatic carbocycles. The fourth-order valence-electron chi connectivity index (χ4n) is 2.54. The molecular weight excluding hydrogens is 471 g/mol. The molecule has 1 aliphatic rings. The van der Waals surface area contributed by atoms with Gasteiger partial charge in [-0.25, -0.2) is 9.59 Å². The van der Waals surface area contributed by atoms with Gasteiger partial charge in [0.1, 0.15) is 18.8 Å². The van der Waals surface area contributed by atoms with Crippen molar-refractivity contribution in [1.29, 1.82) is 0 Å². The smallest absolute Gasteiger partial charge is 0.413 e. The number of carbonyl (C=O) groups is 1. The van der Waals surface area contributed by atoms with Gasteiger partial charge in [-0.3, -0.25) is 14.9 Å². The van der Waals surface area contributed by atoms with Gasteiger partial charge in [-0.05, 0) is 35.6 Å². The molecule has 3 rings (SSSR count). The lowest BCUT2D eigenvalue weighted by Gasteiger charge is -2.18. The Kier molecular flexibility index (Phi) is 6.04. The molecule has 3 heterocycles. The van der Waals surface area contributed by atoms with Gasteiger partial charge < -0.3 is 19.7 Å². The Morgan fingerprint density at radius 3 is 2.85 bits per heavy atom. The zero-order valence-electron chi connectivity index (χ0n) is 14.2. The van der Waals surface area contributed by atoms with Crippen LogP contribution in [0.25, 0.3) is 0 Å². The lowest BCUT2D eigenvalue weighted by atomic mass is 10.1. The maximum absolute atomic E-state index is 12.3. The van der Waals surface area contributed by atoms with Crippen LogP contribution in [0.4, 0.5) is 10.6 Å². The second kappa shape index (κ2) is 8.29. The molecule has 3 N–H and O–H groups in total. The average molecular weight is 488 g/mol. The number of pyridine rings is 1. The first-order chi connectivity index (χ1) is 12.9. The number of nitrogens with zero attached hydrogens (tertiary/aromatic N) is 3. The summed E-state index contributed by atoms with van der Waals surface area (Å²) in [7, 11) is 0. The normalized spacial score (nSPS) is 24.6. The van der Waals surface area contributed by atoms with Gasteiger partial charge in [0.25, 0.3) is 0 Å². The van der Waals surface area contributed by atoms with E-state index in [4.69, 9.17) is 9.47 Å². The Bertz CT molecular complexity index is 877. The number of carbonyl (C=O) groups excluding carboxylic acids is 1. The van der Waals surface area contributed by atoms with Gasteiger partial charge in [0, 0.05) is 24.2 Å². The Labute approximate surface area is 167 Å². The van der Waals surface area contributed by atoms with Crippen LogP contribution in [-0.4, -0.2) is 49.2 Å². The Morgan fingerprint density at radius 1 is 1.44 bits per heavy atom. The molecule has 1 fully saturated rings. The second-order valence-corrected chi connectivity index (χ2v) is 7.06. The highest BCUT2D eigenvalue weighted by Crippen LogP contribution is 2.28. The van der Waals surface area contributed by atoms with Crippen molar-refractivity contribution >= 4 is 34.5 Å². The molecule has 27 heavy (non-hydrogen) atoms. The van der Waals surface area contributed by atoms with E-state index < -0.39 is 36.3 Å². The zero-order chi connectivity index (χ0) is 19.6. The summed E-state index contributed by atoms with van der Waals surface area (Å²) in [5.74, 6) is 0.0223.